The van der Waals surface area contributed by atoms with E-state index in [4.69, 9.17) is 5.73 Å². The standard InChI is InChI=1S/C18H18N6O/c19-18(25)16-10-13-6-4-5-7-14(13)11-23(16)12-17-20-21-22-24(17)15-8-2-1-3-9-15/h1-9,16H,10-12H2,(H2,19,25)/t16-/m0/s1. The van der Waals surface area contributed by atoms with Crippen LogP contribution in [0.2, 0.25) is 0 Å². The van der Waals surface area contributed by atoms with E-state index >= 15 is 0 Å². The Balaban J connectivity index is 1.64. The predicted octanol–water partition coefficient (Wildman–Crippen LogP) is 1.07. The number of carbonyl (C=O) groups is 1. The van der Waals surface area contributed by atoms with Crippen LogP contribution < -0.4 is 5.73 Å². The van der Waals surface area contributed by atoms with Crippen molar-refractivity contribution in [1.29, 1.82) is 0 Å². The Labute approximate surface area is 145 Å². The van der Waals surface area contributed by atoms with Gasteiger partial charge in [-0.2, -0.15) is 4.68 Å². The van der Waals surface area contributed by atoms with Crippen LogP contribution in [0.3, 0.4) is 0 Å². The van der Waals surface area contributed by atoms with Crippen molar-refractivity contribution in [1.82, 2.24) is 25.1 Å². The molecule has 0 unspecified atom stereocenters. The minimum absolute atomic E-state index is 0.326. The first kappa shape index (κ1) is 15.5. The molecule has 126 valence electrons. The number of para-hydroxylation sites is 1. The van der Waals surface area contributed by atoms with E-state index in [9.17, 15) is 4.79 Å². The van der Waals surface area contributed by atoms with Crippen molar-refractivity contribution >= 4 is 5.91 Å². The fourth-order valence-corrected chi connectivity index (χ4v) is 3.28. The van der Waals surface area contributed by atoms with Gasteiger partial charge in [0.2, 0.25) is 5.91 Å². The summed E-state index contributed by atoms with van der Waals surface area (Å²) >= 11 is 0. The summed E-state index contributed by atoms with van der Waals surface area (Å²) < 4.78 is 1.69. The summed E-state index contributed by atoms with van der Waals surface area (Å²) in [6, 6.07) is 17.5. The average Bonchev–Trinajstić information content (AvgIpc) is 3.10. The Morgan fingerprint density at radius 1 is 1.08 bits per heavy atom. The molecule has 0 bridgehead atoms. The van der Waals surface area contributed by atoms with Gasteiger partial charge in [-0.3, -0.25) is 9.69 Å². The molecule has 2 heterocycles. The highest BCUT2D eigenvalue weighted by Gasteiger charge is 2.31. The van der Waals surface area contributed by atoms with Crippen molar-refractivity contribution in [2.45, 2.75) is 25.6 Å². The maximum atomic E-state index is 12.0. The summed E-state index contributed by atoms with van der Waals surface area (Å²) in [6.07, 6.45) is 0.610. The van der Waals surface area contributed by atoms with Crippen LogP contribution in [0.4, 0.5) is 0 Å². The molecule has 1 atom stereocenters. The molecule has 7 nitrogen and oxygen atoms in total. The average molecular weight is 334 g/mol. The number of amides is 1. The van der Waals surface area contributed by atoms with E-state index in [1.807, 2.05) is 47.4 Å². The monoisotopic (exact) mass is 334 g/mol. The molecule has 1 aliphatic heterocycles. The highest BCUT2D eigenvalue weighted by molar-refractivity contribution is 5.80. The number of aromatic nitrogens is 4. The summed E-state index contributed by atoms with van der Waals surface area (Å²) in [5.41, 5.74) is 8.92. The molecule has 0 fully saturated rings. The third kappa shape index (κ3) is 3.01. The number of hydrogen-bond donors (Lipinski definition) is 1. The smallest absolute Gasteiger partial charge is 0.235 e. The van der Waals surface area contributed by atoms with Gasteiger partial charge in [0, 0.05) is 6.54 Å². The second-order valence-electron chi connectivity index (χ2n) is 6.14. The molecule has 1 amide bonds. The van der Waals surface area contributed by atoms with Crippen LogP contribution in [0.25, 0.3) is 5.69 Å². The van der Waals surface area contributed by atoms with Gasteiger partial charge < -0.3 is 5.73 Å². The van der Waals surface area contributed by atoms with Crippen molar-refractivity contribution in [2.24, 2.45) is 5.73 Å². The van der Waals surface area contributed by atoms with E-state index in [1.165, 1.54) is 11.1 Å². The summed E-state index contributed by atoms with van der Waals surface area (Å²) in [5.74, 6) is 0.352. The van der Waals surface area contributed by atoms with Gasteiger partial charge in [0.15, 0.2) is 5.82 Å². The van der Waals surface area contributed by atoms with Crippen molar-refractivity contribution < 1.29 is 4.79 Å². The van der Waals surface area contributed by atoms with Crippen LogP contribution in [0.15, 0.2) is 54.6 Å². The summed E-state index contributed by atoms with van der Waals surface area (Å²) in [6.45, 7) is 1.09. The van der Waals surface area contributed by atoms with Gasteiger partial charge in [-0.25, -0.2) is 0 Å². The second kappa shape index (κ2) is 6.45. The van der Waals surface area contributed by atoms with Gasteiger partial charge in [-0.05, 0) is 40.1 Å². The van der Waals surface area contributed by atoms with Crippen LogP contribution in [-0.2, 0) is 24.3 Å². The first-order valence-electron chi connectivity index (χ1n) is 8.15. The number of fused-ring (bicyclic) bond motifs is 1. The zero-order chi connectivity index (χ0) is 17.2. The normalized spacial score (nSPS) is 17.2. The molecule has 7 heteroatoms. The summed E-state index contributed by atoms with van der Waals surface area (Å²) in [4.78, 5) is 14.0. The predicted molar refractivity (Wildman–Crippen MR) is 91.5 cm³/mol. The van der Waals surface area contributed by atoms with Crippen LogP contribution in [0.1, 0.15) is 17.0 Å². The minimum atomic E-state index is -0.365. The van der Waals surface area contributed by atoms with E-state index in [0.717, 1.165) is 5.69 Å². The number of hydrogen-bond acceptors (Lipinski definition) is 5. The Bertz CT molecular complexity index is 891. The molecule has 3 aromatic rings. The molecular formula is C18H18N6O. The molecule has 0 aliphatic carbocycles. The van der Waals surface area contributed by atoms with Gasteiger partial charge in [0.05, 0.1) is 18.3 Å². The molecule has 2 aromatic carbocycles. The molecule has 25 heavy (non-hydrogen) atoms. The molecule has 4 rings (SSSR count). The fraction of sp³-hybridized carbons (Fsp3) is 0.222. The highest BCUT2D eigenvalue weighted by atomic mass is 16.1. The van der Waals surface area contributed by atoms with Crippen molar-refractivity contribution in [3.8, 4) is 5.69 Å². The van der Waals surface area contributed by atoms with Crippen LogP contribution in [-0.4, -0.2) is 37.1 Å². The lowest BCUT2D eigenvalue weighted by Gasteiger charge is -2.34. The van der Waals surface area contributed by atoms with Gasteiger partial charge >= 0.3 is 0 Å². The van der Waals surface area contributed by atoms with E-state index < -0.39 is 0 Å². The third-order valence-electron chi connectivity index (χ3n) is 4.55. The number of benzene rings is 2. The molecule has 2 N–H and O–H groups in total. The van der Waals surface area contributed by atoms with Crippen LogP contribution in [0.5, 0.6) is 0 Å². The zero-order valence-corrected chi connectivity index (χ0v) is 13.6. The first-order valence-corrected chi connectivity index (χ1v) is 8.15. The van der Waals surface area contributed by atoms with E-state index in [-0.39, 0.29) is 11.9 Å². The topological polar surface area (TPSA) is 89.9 Å². The molecule has 0 saturated carbocycles. The third-order valence-corrected chi connectivity index (χ3v) is 4.55. The van der Waals surface area contributed by atoms with E-state index in [0.29, 0.717) is 25.3 Å². The van der Waals surface area contributed by atoms with Gasteiger partial charge in [-0.15, -0.1) is 5.10 Å². The molecule has 1 aliphatic rings. The first-order chi connectivity index (χ1) is 12.2. The number of primary amides is 1. The maximum Gasteiger partial charge on any atom is 0.235 e. The maximum absolute atomic E-state index is 12.0. The number of rotatable bonds is 4. The zero-order valence-electron chi connectivity index (χ0n) is 13.6. The summed E-state index contributed by atoms with van der Waals surface area (Å²) in [5, 5.41) is 12.0. The van der Waals surface area contributed by atoms with Gasteiger partial charge in [0.25, 0.3) is 0 Å². The Morgan fingerprint density at radius 3 is 2.56 bits per heavy atom. The molecule has 1 aromatic heterocycles. The van der Waals surface area contributed by atoms with Crippen molar-refractivity contribution in [3.63, 3.8) is 0 Å². The second-order valence-corrected chi connectivity index (χ2v) is 6.14. The SMILES string of the molecule is NC(=O)[C@@H]1Cc2ccccc2CN1Cc1nnnn1-c1ccccc1. The Morgan fingerprint density at radius 2 is 1.80 bits per heavy atom. The highest BCUT2D eigenvalue weighted by Crippen LogP contribution is 2.24. The van der Waals surface area contributed by atoms with Crippen molar-refractivity contribution in [2.75, 3.05) is 0 Å². The Kier molecular flexibility index (Phi) is 3.99. The molecule has 0 radical (unpaired) electrons. The Hall–Kier alpha value is -3.06. The molecular weight excluding hydrogens is 316 g/mol. The fourth-order valence-electron chi connectivity index (χ4n) is 3.28. The van der Waals surface area contributed by atoms with Gasteiger partial charge in [0.1, 0.15) is 0 Å². The largest absolute Gasteiger partial charge is 0.368 e. The summed E-state index contributed by atoms with van der Waals surface area (Å²) in [7, 11) is 0. The van der Waals surface area contributed by atoms with Crippen LogP contribution in [0, 0.1) is 0 Å². The van der Waals surface area contributed by atoms with E-state index in [1.54, 1.807) is 4.68 Å². The number of tetrazole rings is 1. The van der Waals surface area contributed by atoms with Crippen molar-refractivity contribution in [3.05, 3.63) is 71.5 Å². The number of nitrogens with zero attached hydrogens (tertiary/aromatic N) is 5. The lowest BCUT2D eigenvalue weighted by molar-refractivity contribution is -0.124. The quantitative estimate of drug-likeness (QED) is 0.771. The van der Waals surface area contributed by atoms with Gasteiger partial charge in [-0.1, -0.05) is 42.5 Å². The van der Waals surface area contributed by atoms with Crippen LogP contribution >= 0.6 is 0 Å². The lowest BCUT2D eigenvalue weighted by Crippen LogP contribution is -2.48. The molecule has 0 spiro atoms. The van der Waals surface area contributed by atoms with E-state index in [2.05, 4.69) is 27.7 Å². The number of nitrogens with two attached hydrogens (primary N) is 1. The molecule has 0 saturated heterocycles. The minimum Gasteiger partial charge on any atom is -0.368 e. The number of carbonyl (C=O) groups excluding carboxylic acids is 1. The lowest BCUT2D eigenvalue weighted by atomic mass is 9.93.